The van der Waals surface area contributed by atoms with Crippen LogP contribution in [0, 0.1) is 6.26 Å². The van der Waals surface area contributed by atoms with Crippen LogP contribution in [0.1, 0.15) is 0 Å². The molecule has 2 heteroatoms. The Balaban J connectivity index is 0.000000500. The number of para-hydroxylation sites is 1. The first kappa shape index (κ1) is 5.89. The molecular weight excluding hydrogens is 379 g/mol. The fraction of sp³-hybridized carbons (Fsp3) is 0. The number of hydrogen-bond acceptors (Lipinski definition) is 1. The minimum atomic E-state index is 0. The maximum Gasteiger partial charge on any atom is 0 e. The predicted octanol–water partition coefficient (Wildman–Crippen LogP) is 2.23. The van der Waals surface area contributed by atoms with Crippen LogP contribution in [0.15, 0.2) is 34.7 Å². The van der Waals surface area contributed by atoms with Crippen LogP contribution in [-0.4, -0.2) is 0 Å². The molecule has 2 aromatic rings. The van der Waals surface area contributed by atoms with E-state index in [1.807, 2.05) is 30.3 Å². The number of furan rings is 1. The van der Waals surface area contributed by atoms with E-state index in [1.54, 1.807) is 0 Å². The Morgan fingerprint density at radius 1 is 1.20 bits per heavy atom. The van der Waals surface area contributed by atoms with Crippen LogP contribution in [0.4, 0.5) is 0 Å². The maximum atomic E-state index is 4.99. The quantitative estimate of drug-likeness (QED) is 0.636. The van der Waals surface area contributed by atoms with Gasteiger partial charge in [-0.15, -0.1) is 17.5 Å². The van der Waals surface area contributed by atoms with E-state index in [4.69, 9.17) is 4.42 Å². The minimum absolute atomic E-state index is 0. The second-order valence-corrected chi connectivity index (χ2v) is 1.90. The van der Waals surface area contributed by atoms with E-state index < -0.39 is 0 Å². The van der Waals surface area contributed by atoms with Crippen molar-refractivity contribution in [3.8, 4) is 0 Å². The molecule has 0 radical (unpaired) electrons. The van der Waals surface area contributed by atoms with E-state index >= 15 is 0 Å². The molecule has 1 aromatic carbocycles. The molecule has 0 aliphatic carbocycles. The second-order valence-electron chi connectivity index (χ2n) is 1.90. The number of benzene rings is 1. The van der Waals surface area contributed by atoms with Gasteiger partial charge < -0.3 is 4.42 Å². The van der Waals surface area contributed by atoms with Crippen molar-refractivity contribution in [3.05, 3.63) is 36.6 Å². The molecule has 0 N–H and O–H groups in total. The number of rotatable bonds is 0. The van der Waals surface area contributed by atoms with Crippen LogP contribution < -0.4 is 0 Å². The fourth-order valence-corrected chi connectivity index (χ4v) is 0.849. The van der Waals surface area contributed by atoms with E-state index in [2.05, 4.69) is 6.26 Å². The van der Waals surface area contributed by atoms with Crippen LogP contribution in [0.5, 0.6) is 0 Å². The summed E-state index contributed by atoms with van der Waals surface area (Å²) in [5, 5.41) is 1.11. The Bertz CT molecular complexity index is 283. The molecule has 0 unspecified atom stereocenters. The fourth-order valence-electron chi connectivity index (χ4n) is 0.849. The summed E-state index contributed by atoms with van der Waals surface area (Å²) in [6.45, 7) is 0. The normalized spacial score (nSPS) is 9.20. The van der Waals surface area contributed by atoms with Crippen molar-refractivity contribution >= 4 is 11.0 Å². The first-order chi connectivity index (χ1) is 4.47. The zero-order valence-corrected chi connectivity index (χ0v) is 11.9. The average Bonchev–Trinajstić information content (AvgIpc) is 2.33. The smallest absolute Gasteiger partial charge is 0 e. The zero-order valence-electron chi connectivity index (χ0n) is 5.50. The van der Waals surface area contributed by atoms with Gasteiger partial charge >= 0.3 is 0 Å². The molecule has 0 fully saturated rings. The van der Waals surface area contributed by atoms with Gasteiger partial charge in [0.05, 0.1) is 0 Å². The first-order valence-electron chi connectivity index (χ1n) is 2.81. The average molecular weight is 384 g/mol. The van der Waals surface area contributed by atoms with Crippen molar-refractivity contribution in [2.75, 3.05) is 0 Å². The summed E-state index contributed by atoms with van der Waals surface area (Å²) in [6.07, 6.45) is 2.66. The van der Waals surface area contributed by atoms with Gasteiger partial charge in [0.1, 0.15) is 0 Å². The number of fused-ring (bicyclic) bond motifs is 1. The molecule has 0 saturated heterocycles. The Hall–Kier alpha value is -2.24. The summed E-state index contributed by atoms with van der Waals surface area (Å²) in [5.74, 6) is 0. The molecule has 0 aliphatic rings. The zero-order chi connectivity index (χ0) is 6.10. The van der Waals surface area contributed by atoms with E-state index in [9.17, 15) is 0 Å². The molecule has 0 atom stereocenters. The van der Waals surface area contributed by atoms with Crippen LogP contribution in [0.3, 0.4) is 0 Å². The molecule has 0 amide bonds. The Kier molecular flexibility index (Phi) is 1.14. The molecule has 0 spiro atoms. The third-order valence-corrected chi connectivity index (χ3v) is 1.30. The van der Waals surface area contributed by atoms with Gasteiger partial charge in [-0.25, -0.2) is 0 Å². The van der Waals surface area contributed by atoms with Crippen LogP contribution in [-0.2, 0) is 0 Å². The Morgan fingerprint density at radius 2 is 2.00 bits per heavy atom. The Labute approximate surface area is 52.9 Å². The molecule has 1 heterocycles. The summed E-state index contributed by atoms with van der Waals surface area (Å²) >= 11 is 0. The maximum absolute atomic E-state index is 4.99. The van der Waals surface area contributed by atoms with E-state index in [1.165, 1.54) is 0 Å². The number of hydrogen-bond donors (Lipinski definition) is 0. The third-order valence-electron chi connectivity index (χ3n) is 1.30. The van der Waals surface area contributed by atoms with Gasteiger partial charge in [0, 0.05) is 0 Å². The standard InChI is InChI=1S/C8H5O.Rf/c1-2-4-8-7(3-1)5-6-9-8;/h1-5H;/q-1;. The third kappa shape index (κ3) is 0.599. The van der Waals surface area contributed by atoms with Gasteiger partial charge in [0.2, 0.25) is 0 Å². The van der Waals surface area contributed by atoms with Crippen molar-refractivity contribution in [2.45, 2.75) is 0 Å². The van der Waals surface area contributed by atoms with Gasteiger partial charge in [-0.1, -0.05) is 18.2 Å². The summed E-state index contributed by atoms with van der Waals surface area (Å²) in [7, 11) is 0. The molecule has 10 heavy (non-hydrogen) atoms. The first-order valence-corrected chi connectivity index (χ1v) is 2.81. The van der Waals surface area contributed by atoms with Gasteiger partial charge in [-0.05, 0) is 11.8 Å². The summed E-state index contributed by atoms with van der Waals surface area (Å²) in [6, 6.07) is 9.67. The Morgan fingerprint density at radius 3 is 2.80 bits per heavy atom. The van der Waals surface area contributed by atoms with Crippen LogP contribution in [0.2, 0.25) is 0 Å². The van der Waals surface area contributed by atoms with Gasteiger partial charge in [0.15, 0.2) is 0 Å². The van der Waals surface area contributed by atoms with E-state index in [0.717, 1.165) is 11.0 Å². The van der Waals surface area contributed by atoms with Gasteiger partial charge in [-0.2, -0.15) is 0 Å². The van der Waals surface area contributed by atoms with Crippen molar-refractivity contribution in [2.24, 2.45) is 0 Å². The molecule has 2 rings (SSSR count). The molecule has 1 nitrogen and oxygen atoms in total. The van der Waals surface area contributed by atoms with E-state index in [0.29, 0.717) is 0 Å². The van der Waals surface area contributed by atoms with Gasteiger partial charge in [0.25, 0.3) is 0 Å². The van der Waals surface area contributed by atoms with Crippen LogP contribution in [0.25, 0.3) is 11.0 Å². The van der Waals surface area contributed by atoms with Crippen LogP contribution >= 0.6 is 0 Å². The topological polar surface area (TPSA) is 13.1 Å². The minimum Gasteiger partial charge on any atom is -0.591 e. The molecule has 46 valence electrons. The van der Waals surface area contributed by atoms with Crippen molar-refractivity contribution in [1.29, 1.82) is 0 Å². The van der Waals surface area contributed by atoms with Gasteiger partial charge in [-0.3, -0.25) is 0 Å². The summed E-state index contributed by atoms with van der Waals surface area (Å²) in [5.41, 5.74) is 0.900. The predicted molar refractivity (Wildman–Crippen MR) is 35.1 cm³/mol. The summed E-state index contributed by atoms with van der Waals surface area (Å²) in [4.78, 5) is 0. The molecule has 0 aliphatic heterocycles. The molecule has 0 saturated carbocycles. The molecular formula is C8H5ORf-. The van der Waals surface area contributed by atoms with Crippen molar-refractivity contribution < 1.29 is 4.42 Å². The monoisotopic (exact) mass is 384 g/mol. The molecule has 1 aromatic heterocycles. The summed E-state index contributed by atoms with van der Waals surface area (Å²) < 4.78 is 4.99. The van der Waals surface area contributed by atoms with Crippen molar-refractivity contribution in [3.63, 3.8) is 0 Å². The van der Waals surface area contributed by atoms with E-state index in [-0.39, 0.29) is 0 Å². The second kappa shape index (κ2) is 1.94. The van der Waals surface area contributed by atoms with Crippen molar-refractivity contribution in [1.82, 2.24) is 0 Å². The largest absolute Gasteiger partial charge is 0.591 e. The SMILES string of the molecule is [Rf].[c-]1cc2ccccc2o1. The molecule has 0 bridgehead atoms.